The second kappa shape index (κ2) is 12.3. The van der Waals surface area contributed by atoms with Crippen LogP contribution in [0.2, 0.25) is 0 Å². The molecule has 1 aliphatic rings. The molecule has 2 N–H and O–H groups in total. The molecule has 3 rings (SSSR count). The van der Waals surface area contributed by atoms with E-state index < -0.39 is 29.6 Å². The second-order valence-electron chi connectivity index (χ2n) is 10.2. The van der Waals surface area contributed by atoms with E-state index in [9.17, 15) is 19.8 Å². The van der Waals surface area contributed by atoms with Crippen LogP contribution in [0.4, 0.5) is 0 Å². The van der Waals surface area contributed by atoms with E-state index in [4.69, 9.17) is 9.47 Å². The lowest BCUT2D eigenvalue weighted by Crippen LogP contribution is -2.53. The summed E-state index contributed by atoms with van der Waals surface area (Å²) in [5.74, 6) is -0.546. The van der Waals surface area contributed by atoms with Crippen molar-refractivity contribution in [3.63, 3.8) is 0 Å². The minimum atomic E-state index is -1.84. The SMILES string of the molecule is C=Cc1ccc(COCCCCCCOc2ccc3c(c2)C(=O)N([C@@H](C(O)O)C(C)(C)C)C3=O)cc1. The molecule has 0 fully saturated rings. The van der Waals surface area contributed by atoms with Gasteiger partial charge in [0.05, 0.1) is 30.4 Å². The fourth-order valence-corrected chi connectivity index (χ4v) is 4.34. The number of nitrogens with zero attached hydrogens (tertiary/aromatic N) is 1. The lowest BCUT2D eigenvalue weighted by molar-refractivity contribution is -0.114. The maximum Gasteiger partial charge on any atom is 0.262 e. The van der Waals surface area contributed by atoms with Crippen molar-refractivity contribution < 1.29 is 29.3 Å². The molecular weight excluding hydrogens is 458 g/mol. The van der Waals surface area contributed by atoms with E-state index in [-0.39, 0.29) is 11.1 Å². The summed E-state index contributed by atoms with van der Waals surface area (Å²) >= 11 is 0. The Hall–Kier alpha value is -3.00. The van der Waals surface area contributed by atoms with Crippen LogP contribution < -0.4 is 4.74 Å². The molecule has 36 heavy (non-hydrogen) atoms. The van der Waals surface area contributed by atoms with E-state index in [2.05, 4.69) is 6.58 Å². The van der Waals surface area contributed by atoms with E-state index in [1.807, 2.05) is 30.3 Å². The summed E-state index contributed by atoms with van der Waals surface area (Å²) < 4.78 is 11.6. The number of rotatable bonds is 13. The van der Waals surface area contributed by atoms with Crippen LogP contribution in [-0.2, 0) is 11.3 Å². The van der Waals surface area contributed by atoms with Gasteiger partial charge in [-0.1, -0.05) is 64.1 Å². The molecule has 7 heteroatoms. The van der Waals surface area contributed by atoms with Crippen molar-refractivity contribution in [2.24, 2.45) is 5.41 Å². The highest BCUT2D eigenvalue weighted by Crippen LogP contribution is 2.35. The van der Waals surface area contributed by atoms with Gasteiger partial charge in [0, 0.05) is 6.61 Å². The molecule has 0 radical (unpaired) electrons. The molecule has 1 atom stereocenters. The Labute approximate surface area is 213 Å². The molecule has 0 aromatic heterocycles. The predicted octanol–water partition coefficient (Wildman–Crippen LogP) is 4.81. The molecule has 0 saturated heterocycles. The van der Waals surface area contributed by atoms with Crippen molar-refractivity contribution in [3.05, 3.63) is 71.3 Å². The molecule has 0 aliphatic carbocycles. The molecule has 2 amide bonds. The third-order valence-corrected chi connectivity index (χ3v) is 6.27. The van der Waals surface area contributed by atoms with Gasteiger partial charge in [-0.25, -0.2) is 0 Å². The van der Waals surface area contributed by atoms with Crippen molar-refractivity contribution in [2.45, 2.75) is 65.4 Å². The van der Waals surface area contributed by atoms with Crippen LogP contribution in [0, 0.1) is 5.41 Å². The summed E-state index contributed by atoms with van der Waals surface area (Å²) in [5, 5.41) is 19.7. The Kier molecular flexibility index (Phi) is 9.43. The van der Waals surface area contributed by atoms with Gasteiger partial charge in [0.2, 0.25) is 0 Å². The number of benzene rings is 2. The molecular formula is C29H37NO6. The highest BCUT2D eigenvalue weighted by molar-refractivity contribution is 6.21. The van der Waals surface area contributed by atoms with Crippen molar-refractivity contribution in [1.82, 2.24) is 4.90 Å². The molecule has 0 bridgehead atoms. The highest BCUT2D eigenvalue weighted by Gasteiger charge is 2.47. The summed E-state index contributed by atoms with van der Waals surface area (Å²) in [7, 11) is 0. The molecule has 0 spiro atoms. The molecule has 7 nitrogen and oxygen atoms in total. The zero-order valence-corrected chi connectivity index (χ0v) is 21.4. The third-order valence-electron chi connectivity index (χ3n) is 6.27. The van der Waals surface area contributed by atoms with Crippen LogP contribution >= 0.6 is 0 Å². The number of amides is 2. The molecule has 1 aliphatic heterocycles. The third kappa shape index (κ3) is 6.81. The van der Waals surface area contributed by atoms with Crippen LogP contribution in [0.3, 0.4) is 0 Å². The van der Waals surface area contributed by atoms with Crippen molar-refractivity contribution in [3.8, 4) is 5.75 Å². The minimum Gasteiger partial charge on any atom is -0.494 e. The van der Waals surface area contributed by atoms with Crippen LogP contribution in [0.1, 0.15) is 78.3 Å². The lowest BCUT2D eigenvalue weighted by atomic mass is 9.85. The number of hydrogen-bond donors (Lipinski definition) is 2. The van der Waals surface area contributed by atoms with E-state index >= 15 is 0 Å². The summed E-state index contributed by atoms with van der Waals surface area (Å²) in [4.78, 5) is 26.8. The quantitative estimate of drug-likeness (QED) is 0.235. The zero-order chi connectivity index (χ0) is 26.3. The highest BCUT2D eigenvalue weighted by atomic mass is 16.5. The number of imide groups is 1. The van der Waals surface area contributed by atoms with Gasteiger partial charge in [-0.3, -0.25) is 14.5 Å². The predicted molar refractivity (Wildman–Crippen MR) is 139 cm³/mol. The molecule has 0 saturated carbocycles. The number of carbonyl (C=O) groups excluding carboxylic acids is 2. The first kappa shape index (κ1) is 27.6. The van der Waals surface area contributed by atoms with Gasteiger partial charge in [-0.05, 0) is 54.0 Å². The summed E-state index contributed by atoms with van der Waals surface area (Å²) in [6.45, 7) is 10.8. The first-order valence-corrected chi connectivity index (χ1v) is 12.4. The van der Waals surface area contributed by atoms with Crippen LogP contribution in [-0.4, -0.2) is 52.5 Å². The fraction of sp³-hybridized carbons (Fsp3) is 0.448. The Bertz CT molecular complexity index is 1050. The molecule has 194 valence electrons. The van der Waals surface area contributed by atoms with Gasteiger partial charge in [-0.15, -0.1) is 0 Å². The topological polar surface area (TPSA) is 96.3 Å². The number of aliphatic hydroxyl groups excluding tert-OH is 1. The Morgan fingerprint density at radius 1 is 0.917 bits per heavy atom. The number of carbonyl (C=O) groups is 2. The summed E-state index contributed by atoms with van der Waals surface area (Å²) in [6.07, 6.45) is 3.85. The van der Waals surface area contributed by atoms with E-state index in [0.29, 0.717) is 25.6 Å². The van der Waals surface area contributed by atoms with E-state index in [0.717, 1.165) is 41.7 Å². The molecule has 0 unspecified atom stereocenters. The lowest BCUT2D eigenvalue weighted by Gasteiger charge is -2.37. The van der Waals surface area contributed by atoms with E-state index in [1.54, 1.807) is 39.0 Å². The van der Waals surface area contributed by atoms with E-state index in [1.165, 1.54) is 0 Å². The van der Waals surface area contributed by atoms with Gasteiger partial charge < -0.3 is 19.7 Å². The first-order valence-electron chi connectivity index (χ1n) is 12.4. The maximum absolute atomic E-state index is 13.0. The van der Waals surface area contributed by atoms with Gasteiger partial charge in [0.25, 0.3) is 11.8 Å². The van der Waals surface area contributed by atoms with Gasteiger partial charge in [-0.2, -0.15) is 0 Å². The number of aliphatic hydroxyl groups is 2. The molecule has 2 aromatic carbocycles. The molecule has 1 heterocycles. The minimum absolute atomic E-state index is 0.226. The number of hydrogen-bond acceptors (Lipinski definition) is 6. The maximum atomic E-state index is 13.0. The average molecular weight is 496 g/mol. The molecule has 2 aromatic rings. The fourth-order valence-electron chi connectivity index (χ4n) is 4.34. The monoisotopic (exact) mass is 495 g/mol. The van der Waals surface area contributed by atoms with Crippen molar-refractivity contribution >= 4 is 17.9 Å². The van der Waals surface area contributed by atoms with Gasteiger partial charge in [0.1, 0.15) is 5.75 Å². The summed E-state index contributed by atoms with van der Waals surface area (Å²) in [5.41, 5.74) is 2.01. The smallest absolute Gasteiger partial charge is 0.262 e. The zero-order valence-electron chi connectivity index (χ0n) is 21.4. The van der Waals surface area contributed by atoms with Crippen LogP contribution in [0.15, 0.2) is 49.0 Å². The second-order valence-corrected chi connectivity index (χ2v) is 10.2. The number of unbranched alkanes of at least 4 members (excludes halogenated alkanes) is 3. The largest absolute Gasteiger partial charge is 0.494 e. The Morgan fingerprint density at radius 2 is 1.56 bits per heavy atom. The number of ether oxygens (including phenoxy) is 2. The van der Waals surface area contributed by atoms with Crippen LogP contribution in [0.25, 0.3) is 6.08 Å². The summed E-state index contributed by atoms with van der Waals surface area (Å²) in [6, 6.07) is 11.9. The van der Waals surface area contributed by atoms with Crippen LogP contribution in [0.5, 0.6) is 5.75 Å². The standard InChI is InChI=1S/C29H37NO6/c1-5-20-10-12-21(13-11-20)19-35-16-8-6-7-9-17-36-22-14-15-23-24(18-22)27(32)30(26(23)31)25(28(33)34)29(2,3)4/h5,10-15,18,25,28,33-34H,1,6-9,16-17,19H2,2-4H3/t25-/m0/s1. The van der Waals surface area contributed by atoms with Crippen molar-refractivity contribution in [1.29, 1.82) is 0 Å². The Balaban J connectivity index is 1.39. The number of fused-ring (bicyclic) bond motifs is 1. The average Bonchev–Trinajstić information content (AvgIpc) is 3.07. The van der Waals surface area contributed by atoms with Crippen molar-refractivity contribution in [2.75, 3.05) is 13.2 Å². The van der Waals surface area contributed by atoms with Gasteiger partial charge in [0.15, 0.2) is 6.29 Å². The van der Waals surface area contributed by atoms with Gasteiger partial charge >= 0.3 is 0 Å². The normalized spacial score (nSPS) is 14.3. The first-order chi connectivity index (χ1) is 17.1. The Morgan fingerprint density at radius 3 is 2.17 bits per heavy atom.